The third kappa shape index (κ3) is 4.77. The van der Waals surface area contributed by atoms with E-state index in [1.807, 2.05) is 6.92 Å². The van der Waals surface area contributed by atoms with Gasteiger partial charge in [0.25, 0.3) is 0 Å². The van der Waals surface area contributed by atoms with Gasteiger partial charge in [-0.15, -0.1) is 0 Å². The Kier molecular flexibility index (Phi) is 4.83. The number of primary sulfonamides is 1. The molecule has 6 nitrogen and oxygen atoms in total. The molecular weight excluding hydrogens is 300 g/mol. The molecule has 1 aromatic rings. The monoisotopic (exact) mass is 320 g/mol. The molecule has 0 aliphatic heterocycles. The van der Waals surface area contributed by atoms with E-state index in [9.17, 15) is 16.8 Å². The van der Waals surface area contributed by atoms with Gasteiger partial charge in [-0.25, -0.2) is 22.0 Å². The molecule has 8 heteroatoms. The normalized spacial score (nSPS) is 14.1. The zero-order valence-corrected chi connectivity index (χ0v) is 13.6. The summed E-state index contributed by atoms with van der Waals surface area (Å²) >= 11 is 0. The van der Waals surface area contributed by atoms with Gasteiger partial charge in [-0.1, -0.05) is 0 Å². The maximum atomic E-state index is 11.4. The number of benzene rings is 1. The van der Waals surface area contributed by atoms with Crippen molar-refractivity contribution in [3.63, 3.8) is 0 Å². The molecule has 0 amide bonds. The molecule has 0 fully saturated rings. The smallest absolute Gasteiger partial charge is 0.238 e. The lowest BCUT2D eigenvalue weighted by Gasteiger charge is -2.18. The van der Waals surface area contributed by atoms with Crippen molar-refractivity contribution in [1.29, 1.82) is 0 Å². The Balaban J connectivity index is 3.15. The quantitative estimate of drug-likeness (QED) is 0.834. The molecule has 0 aliphatic rings. The van der Waals surface area contributed by atoms with Gasteiger partial charge >= 0.3 is 0 Å². The molecule has 0 spiro atoms. The van der Waals surface area contributed by atoms with Gasteiger partial charge in [0.05, 0.1) is 10.6 Å². The summed E-state index contributed by atoms with van der Waals surface area (Å²) in [5.41, 5.74) is 2.20. The molecule has 1 unspecified atom stereocenters. The zero-order valence-electron chi connectivity index (χ0n) is 12.0. The summed E-state index contributed by atoms with van der Waals surface area (Å²) < 4.78 is 45.3. The average Bonchev–Trinajstić information content (AvgIpc) is 2.20. The number of nitrogens with one attached hydrogen (secondary N) is 1. The number of aryl methyl sites for hydroxylation is 1. The second-order valence-corrected chi connectivity index (χ2v) is 8.84. The van der Waals surface area contributed by atoms with E-state index >= 15 is 0 Å². The van der Waals surface area contributed by atoms with Crippen LogP contribution in [0.15, 0.2) is 17.0 Å². The van der Waals surface area contributed by atoms with E-state index < -0.39 is 19.9 Å². The standard InChI is InChI=1S/C12H20N2O4S2/c1-8-5-11(20(13,17)18)6-12(10(8)3)14-9(2)7-19(4,15)16/h5-6,9,14H,7H2,1-4H3,(H2,13,17,18). The molecule has 114 valence electrons. The highest BCUT2D eigenvalue weighted by atomic mass is 32.2. The number of hydrogen-bond donors (Lipinski definition) is 2. The lowest BCUT2D eigenvalue weighted by atomic mass is 10.1. The molecule has 3 N–H and O–H groups in total. The second-order valence-electron chi connectivity index (χ2n) is 5.10. The van der Waals surface area contributed by atoms with E-state index in [1.165, 1.54) is 12.1 Å². The maximum absolute atomic E-state index is 11.4. The van der Waals surface area contributed by atoms with Gasteiger partial charge in [-0.2, -0.15) is 0 Å². The summed E-state index contributed by atoms with van der Waals surface area (Å²) in [6.07, 6.45) is 1.16. The van der Waals surface area contributed by atoms with E-state index in [0.29, 0.717) is 5.69 Å². The predicted molar refractivity (Wildman–Crippen MR) is 80.1 cm³/mol. The van der Waals surface area contributed by atoms with Crippen molar-refractivity contribution in [1.82, 2.24) is 0 Å². The molecule has 0 radical (unpaired) electrons. The molecule has 1 aromatic carbocycles. The fourth-order valence-corrected chi connectivity index (χ4v) is 3.52. The molecule has 1 rings (SSSR count). The van der Waals surface area contributed by atoms with E-state index in [2.05, 4.69) is 5.32 Å². The predicted octanol–water partition coefficient (Wildman–Crippen LogP) is 0.796. The van der Waals surface area contributed by atoms with Crippen molar-refractivity contribution in [3.8, 4) is 0 Å². The highest BCUT2D eigenvalue weighted by Gasteiger charge is 2.15. The van der Waals surface area contributed by atoms with E-state index in [-0.39, 0.29) is 16.7 Å². The SMILES string of the molecule is Cc1cc(S(N)(=O)=O)cc(NC(C)CS(C)(=O)=O)c1C. The largest absolute Gasteiger partial charge is 0.381 e. The number of nitrogens with two attached hydrogens (primary N) is 1. The van der Waals surface area contributed by atoms with Crippen LogP contribution in [0.5, 0.6) is 0 Å². The zero-order chi connectivity index (χ0) is 15.7. The second kappa shape index (κ2) is 5.71. The highest BCUT2D eigenvalue weighted by molar-refractivity contribution is 7.90. The Labute approximate surface area is 120 Å². The van der Waals surface area contributed by atoms with E-state index in [4.69, 9.17) is 5.14 Å². The van der Waals surface area contributed by atoms with Gasteiger partial charge in [0.15, 0.2) is 0 Å². The first-order valence-electron chi connectivity index (χ1n) is 5.98. The van der Waals surface area contributed by atoms with Crippen molar-refractivity contribution in [2.45, 2.75) is 31.7 Å². The van der Waals surface area contributed by atoms with Gasteiger partial charge in [0.1, 0.15) is 9.84 Å². The van der Waals surface area contributed by atoms with Gasteiger partial charge in [0, 0.05) is 18.0 Å². The van der Waals surface area contributed by atoms with Crippen molar-refractivity contribution in [2.75, 3.05) is 17.3 Å². The summed E-state index contributed by atoms with van der Waals surface area (Å²) in [5, 5.41) is 8.15. The molecule has 0 saturated heterocycles. The maximum Gasteiger partial charge on any atom is 0.238 e. The van der Waals surface area contributed by atoms with Crippen LogP contribution in [-0.4, -0.2) is 34.9 Å². The van der Waals surface area contributed by atoms with Gasteiger partial charge in [-0.3, -0.25) is 0 Å². The summed E-state index contributed by atoms with van der Waals surface area (Å²) in [7, 11) is -6.90. The molecule has 0 bridgehead atoms. The molecule has 0 aromatic heterocycles. The summed E-state index contributed by atoms with van der Waals surface area (Å²) in [4.78, 5) is 0.00894. The van der Waals surface area contributed by atoms with Crippen molar-refractivity contribution in [2.24, 2.45) is 5.14 Å². The van der Waals surface area contributed by atoms with Gasteiger partial charge < -0.3 is 5.32 Å². The molecule has 1 atom stereocenters. The molecule has 0 aliphatic carbocycles. The Morgan fingerprint density at radius 3 is 2.20 bits per heavy atom. The average molecular weight is 320 g/mol. The number of sulfone groups is 1. The third-order valence-corrected chi connectivity index (χ3v) is 4.92. The lowest BCUT2D eigenvalue weighted by molar-refractivity contribution is 0.595. The molecule has 20 heavy (non-hydrogen) atoms. The van der Waals surface area contributed by atoms with Crippen LogP contribution in [0.25, 0.3) is 0 Å². The fraction of sp³-hybridized carbons (Fsp3) is 0.500. The van der Waals surface area contributed by atoms with E-state index in [1.54, 1.807) is 13.8 Å². The van der Waals surface area contributed by atoms with Crippen LogP contribution in [-0.2, 0) is 19.9 Å². The van der Waals surface area contributed by atoms with Crippen LogP contribution in [0, 0.1) is 13.8 Å². The number of hydrogen-bond acceptors (Lipinski definition) is 5. The van der Waals surface area contributed by atoms with Crippen LogP contribution in [0.3, 0.4) is 0 Å². The van der Waals surface area contributed by atoms with Crippen LogP contribution in [0.2, 0.25) is 0 Å². The van der Waals surface area contributed by atoms with Crippen LogP contribution in [0.4, 0.5) is 5.69 Å². The highest BCUT2D eigenvalue weighted by Crippen LogP contribution is 2.24. The summed E-state index contributed by atoms with van der Waals surface area (Å²) in [5.74, 6) is -0.0366. The number of anilines is 1. The first-order valence-corrected chi connectivity index (χ1v) is 9.59. The van der Waals surface area contributed by atoms with Crippen molar-refractivity contribution >= 4 is 25.5 Å². The third-order valence-electron chi connectivity index (χ3n) is 2.92. The Morgan fingerprint density at radius 1 is 1.20 bits per heavy atom. The summed E-state index contributed by atoms with van der Waals surface area (Å²) in [6.45, 7) is 5.33. The number of sulfonamides is 1. The van der Waals surface area contributed by atoms with Crippen LogP contribution >= 0.6 is 0 Å². The van der Waals surface area contributed by atoms with Crippen molar-refractivity contribution < 1.29 is 16.8 Å². The lowest BCUT2D eigenvalue weighted by Crippen LogP contribution is -2.25. The number of rotatable bonds is 5. The first kappa shape index (κ1) is 16.9. The molecule has 0 heterocycles. The Morgan fingerprint density at radius 2 is 1.75 bits per heavy atom. The van der Waals surface area contributed by atoms with Crippen LogP contribution < -0.4 is 10.5 Å². The van der Waals surface area contributed by atoms with Gasteiger partial charge in [0.2, 0.25) is 10.0 Å². The minimum Gasteiger partial charge on any atom is -0.381 e. The minimum atomic E-state index is -3.79. The Bertz CT molecular complexity index is 709. The van der Waals surface area contributed by atoms with E-state index in [0.717, 1.165) is 17.4 Å². The molecule has 0 saturated carbocycles. The minimum absolute atomic E-state index is 0.00894. The van der Waals surface area contributed by atoms with Crippen molar-refractivity contribution in [3.05, 3.63) is 23.3 Å². The topological polar surface area (TPSA) is 106 Å². The molecular formula is C12H20N2O4S2. The van der Waals surface area contributed by atoms with Crippen LogP contribution in [0.1, 0.15) is 18.1 Å². The van der Waals surface area contributed by atoms with Gasteiger partial charge in [-0.05, 0) is 44.0 Å². The Hall–Kier alpha value is -1.12. The first-order chi connectivity index (χ1) is 8.90. The summed E-state index contributed by atoms with van der Waals surface area (Å²) in [6, 6.07) is 2.59. The fourth-order valence-electron chi connectivity index (χ4n) is 1.90.